The van der Waals surface area contributed by atoms with Crippen molar-refractivity contribution >= 4 is 18.0 Å². The number of esters is 1. The van der Waals surface area contributed by atoms with Crippen molar-refractivity contribution in [2.24, 2.45) is 5.92 Å². The Morgan fingerprint density at radius 1 is 1.12 bits per heavy atom. The smallest absolute Gasteiger partial charge is 0.408 e. The van der Waals surface area contributed by atoms with E-state index >= 15 is 0 Å². The Balaban J connectivity index is 2.53. The summed E-state index contributed by atoms with van der Waals surface area (Å²) in [5, 5.41) is 11.1. The van der Waals surface area contributed by atoms with E-state index in [1.54, 1.807) is 12.1 Å². The molecule has 7 heteroatoms. The summed E-state index contributed by atoms with van der Waals surface area (Å²) in [5.41, 5.74) is 0.803. The predicted molar refractivity (Wildman–Crippen MR) is 86.2 cm³/mol. The largest absolute Gasteiger partial charge is 0.481 e. The van der Waals surface area contributed by atoms with Gasteiger partial charge in [0.1, 0.15) is 12.6 Å². The zero-order chi connectivity index (χ0) is 17.9. The Kier molecular flexibility index (Phi) is 8.32. The summed E-state index contributed by atoms with van der Waals surface area (Å²) < 4.78 is 10.1. The van der Waals surface area contributed by atoms with Gasteiger partial charge >= 0.3 is 18.0 Å². The van der Waals surface area contributed by atoms with Crippen LogP contribution >= 0.6 is 0 Å². The molecule has 0 heterocycles. The molecular formula is C17H23NO6. The minimum absolute atomic E-state index is 0.0549. The fourth-order valence-electron chi connectivity index (χ4n) is 1.77. The van der Waals surface area contributed by atoms with Crippen LogP contribution in [0.15, 0.2) is 30.3 Å². The number of carboxylic acids is 1. The lowest BCUT2D eigenvalue weighted by atomic mass is 10.1. The molecule has 0 fully saturated rings. The Hall–Kier alpha value is -2.57. The van der Waals surface area contributed by atoms with Crippen molar-refractivity contribution in [3.8, 4) is 0 Å². The van der Waals surface area contributed by atoms with Gasteiger partial charge in [-0.2, -0.15) is 0 Å². The first-order chi connectivity index (χ1) is 11.4. The van der Waals surface area contributed by atoms with Gasteiger partial charge in [0.05, 0.1) is 6.61 Å². The van der Waals surface area contributed by atoms with Crippen molar-refractivity contribution < 1.29 is 29.0 Å². The van der Waals surface area contributed by atoms with Gasteiger partial charge in [-0.1, -0.05) is 44.2 Å². The van der Waals surface area contributed by atoms with Crippen LogP contribution in [0.2, 0.25) is 0 Å². The van der Waals surface area contributed by atoms with Crippen LogP contribution in [-0.4, -0.2) is 35.8 Å². The first-order valence-corrected chi connectivity index (χ1v) is 7.74. The predicted octanol–water partition coefficient (Wildman–Crippen LogP) is 2.35. The normalized spacial score (nSPS) is 11.6. The Morgan fingerprint density at radius 3 is 2.38 bits per heavy atom. The molecule has 0 aliphatic carbocycles. The van der Waals surface area contributed by atoms with Crippen molar-refractivity contribution in [3.05, 3.63) is 35.9 Å². The number of hydrogen-bond acceptors (Lipinski definition) is 5. The number of carboxylic acid groups (broad SMARTS) is 1. The molecule has 1 aromatic carbocycles. The summed E-state index contributed by atoms with van der Waals surface area (Å²) in [6, 6.07) is 8.02. The highest BCUT2D eigenvalue weighted by Gasteiger charge is 2.24. The lowest BCUT2D eigenvalue weighted by Gasteiger charge is -2.17. The Labute approximate surface area is 141 Å². The van der Waals surface area contributed by atoms with Crippen LogP contribution in [0.25, 0.3) is 0 Å². The lowest BCUT2D eigenvalue weighted by Crippen LogP contribution is -2.42. The number of carbonyl (C=O) groups excluding carboxylic acids is 2. The van der Waals surface area contributed by atoms with Gasteiger partial charge in [-0.15, -0.1) is 0 Å². The Morgan fingerprint density at radius 2 is 1.79 bits per heavy atom. The van der Waals surface area contributed by atoms with E-state index in [0.29, 0.717) is 0 Å². The summed E-state index contributed by atoms with van der Waals surface area (Å²) in [5.74, 6) is -1.59. The third kappa shape index (κ3) is 8.17. The molecule has 1 rings (SSSR count). The maximum Gasteiger partial charge on any atom is 0.408 e. The van der Waals surface area contributed by atoms with E-state index in [1.165, 1.54) is 0 Å². The van der Waals surface area contributed by atoms with Crippen LogP contribution in [0.4, 0.5) is 4.79 Å². The number of hydrogen-bond donors (Lipinski definition) is 2. The number of amides is 1. The van der Waals surface area contributed by atoms with E-state index in [2.05, 4.69) is 5.32 Å². The summed E-state index contributed by atoms with van der Waals surface area (Å²) in [7, 11) is 0. The molecule has 24 heavy (non-hydrogen) atoms. The van der Waals surface area contributed by atoms with Crippen molar-refractivity contribution in [1.29, 1.82) is 0 Å². The molecule has 0 aromatic heterocycles. The van der Waals surface area contributed by atoms with E-state index in [9.17, 15) is 14.4 Å². The molecular weight excluding hydrogens is 314 g/mol. The summed E-state index contributed by atoms with van der Waals surface area (Å²) in [6.45, 7) is 4.00. The van der Waals surface area contributed by atoms with Gasteiger partial charge in [0, 0.05) is 6.42 Å². The van der Waals surface area contributed by atoms with Crippen molar-refractivity contribution in [1.82, 2.24) is 5.32 Å². The van der Waals surface area contributed by atoms with Gasteiger partial charge in [0.15, 0.2) is 0 Å². The van der Waals surface area contributed by atoms with E-state index in [0.717, 1.165) is 5.56 Å². The average Bonchev–Trinajstić information content (AvgIpc) is 2.55. The Bertz CT molecular complexity index is 543. The number of carbonyl (C=O) groups is 3. The number of nitrogens with one attached hydrogen (secondary N) is 1. The molecule has 0 aliphatic heterocycles. The molecule has 132 valence electrons. The number of rotatable bonds is 9. The molecule has 0 saturated carbocycles. The first kappa shape index (κ1) is 19.5. The summed E-state index contributed by atoms with van der Waals surface area (Å²) in [6.07, 6.45) is -1.12. The molecule has 0 spiro atoms. The standard InChI is InChI=1S/C17H23NO6/c1-12(2)10-23-16(21)14(8-9-15(19)20)18-17(22)24-11-13-6-4-3-5-7-13/h3-7,12,14H,8-11H2,1-2H3,(H,18,22)(H,19,20)/t14-/m0/s1. The molecule has 1 atom stereocenters. The van der Waals surface area contributed by atoms with Crippen LogP contribution < -0.4 is 5.32 Å². The SMILES string of the molecule is CC(C)COC(=O)[C@H](CCC(=O)O)NC(=O)OCc1ccccc1. The van der Waals surface area contributed by atoms with Gasteiger partial charge in [-0.3, -0.25) is 4.79 Å². The van der Waals surface area contributed by atoms with Crippen molar-refractivity contribution in [2.75, 3.05) is 6.61 Å². The van der Waals surface area contributed by atoms with Crippen molar-refractivity contribution in [2.45, 2.75) is 39.3 Å². The minimum Gasteiger partial charge on any atom is -0.481 e. The van der Waals surface area contributed by atoms with Crippen LogP contribution in [-0.2, 0) is 25.7 Å². The quantitative estimate of drug-likeness (QED) is 0.671. The zero-order valence-electron chi connectivity index (χ0n) is 13.9. The molecule has 1 aromatic rings. The second kappa shape index (κ2) is 10.3. The second-order valence-corrected chi connectivity index (χ2v) is 5.71. The molecule has 2 N–H and O–H groups in total. The van der Waals surface area contributed by atoms with E-state index in [4.69, 9.17) is 14.6 Å². The highest BCUT2D eigenvalue weighted by Crippen LogP contribution is 2.05. The van der Waals surface area contributed by atoms with Gasteiger partial charge in [-0.25, -0.2) is 9.59 Å². The summed E-state index contributed by atoms with van der Waals surface area (Å²) >= 11 is 0. The lowest BCUT2D eigenvalue weighted by molar-refractivity contribution is -0.147. The van der Waals surface area contributed by atoms with Crippen LogP contribution in [0.3, 0.4) is 0 Å². The molecule has 7 nitrogen and oxygen atoms in total. The monoisotopic (exact) mass is 337 g/mol. The number of ether oxygens (including phenoxy) is 2. The third-order valence-corrected chi connectivity index (χ3v) is 3.00. The second-order valence-electron chi connectivity index (χ2n) is 5.71. The summed E-state index contributed by atoms with van der Waals surface area (Å²) in [4.78, 5) is 34.5. The van der Waals surface area contributed by atoms with Crippen LogP contribution in [0.1, 0.15) is 32.3 Å². The molecule has 1 amide bonds. The number of benzene rings is 1. The van der Waals surface area contributed by atoms with Crippen LogP contribution in [0.5, 0.6) is 0 Å². The van der Waals surface area contributed by atoms with E-state index in [1.807, 2.05) is 32.0 Å². The van der Waals surface area contributed by atoms with Crippen molar-refractivity contribution in [3.63, 3.8) is 0 Å². The number of aliphatic carboxylic acids is 1. The van der Waals surface area contributed by atoms with Gasteiger partial charge < -0.3 is 19.9 Å². The highest BCUT2D eigenvalue weighted by atomic mass is 16.6. The maximum absolute atomic E-state index is 12.0. The van der Waals surface area contributed by atoms with E-state index in [-0.39, 0.29) is 32.0 Å². The van der Waals surface area contributed by atoms with Gasteiger partial charge in [0.2, 0.25) is 0 Å². The zero-order valence-corrected chi connectivity index (χ0v) is 13.9. The van der Waals surface area contributed by atoms with E-state index < -0.39 is 24.1 Å². The third-order valence-electron chi connectivity index (χ3n) is 3.00. The van der Waals surface area contributed by atoms with Gasteiger partial charge in [0.25, 0.3) is 0 Å². The fourth-order valence-corrected chi connectivity index (χ4v) is 1.77. The highest BCUT2D eigenvalue weighted by molar-refractivity contribution is 5.82. The topological polar surface area (TPSA) is 102 Å². The molecule has 0 bridgehead atoms. The molecule has 0 unspecified atom stereocenters. The maximum atomic E-state index is 12.0. The minimum atomic E-state index is -1.06. The van der Waals surface area contributed by atoms with Crippen LogP contribution in [0, 0.1) is 5.92 Å². The molecule has 0 radical (unpaired) electrons. The molecule has 0 saturated heterocycles. The molecule has 0 aliphatic rings. The number of alkyl carbamates (subject to hydrolysis) is 1. The van der Waals surface area contributed by atoms with Gasteiger partial charge in [-0.05, 0) is 17.9 Å². The first-order valence-electron chi connectivity index (χ1n) is 7.74. The average molecular weight is 337 g/mol. The fraction of sp³-hybridized carbons (Fsp3) is 0.471.